The topological polar surface area (TPSA) is 243 Å². The van der Waals surface area contributed by atoms with Crippen LogP contribution in [0.1, 0.15) is 35.7 Å². The SMILES string of the molecule is CC(C)(C=O)O/N=C(\C(=O)N[C@@H]1C(=O)N2C(c3nn[nH]n3)=C(CSc3ccc[n+](CC(=O)c4ccc(O)c(O)c4Cl)c3)CS[C@H]12)c1csc(N)n1. The first-order chi connectivity index (χ1) is 24.4. The first-order valence-corrected chi connectivity index (χ1v) is 18.2. The average molecular weight is 772 g/mol. The number of hydrogen-bond donors (Lipinski definition) is 5. The minimum Gasteiger partial charge on any atom is -0.504 e. The van der Waals surface area contributed by atoms with Gasteiger partial charge in [0.05, 0.1) is 15.6 Å². The Labute approximate surface area is 306 Å². The number of thiazole rings is 1. The number of aromatic hydroxyl groups is 2. The van der Waals surface area contributed by atoms with Crippen LogP contribution < -0.4 is 15.6 Å². The number of halogens is 1. The quantitative estimate of drug-likeness (QED) is 0.0190. The maximum atomic E-state index is 13.7. The van der Waals surface area contributed by atoms with Gasteiger partial charge in [0.2, 0.25) is 18.2 Å². The first-order valence-electron chi connectivity index (χ1n) is 14.9. The number of phenolic OH excluding ortho intramolecular Hbond substituents is 2. The van der Waals surface area contributed by atoms with Gasteiger partial charge in [-0.2, -0.15) is 9.78 Å². The zero-order valence-corrected chi connectivity index (χ0v) is 29.8. The summed E-state index contributed by atoms with van der Waals surface area (Å²) in [7, 11) is 0. The third-order valence-electron chi connectivity index (χ3n) is 7.49. The lowest BCUT2D eigenvalue weighted by Gasteiger charge is -2.49. The number of hydrogen-bond acceptors (Lipinski definition) is 16. The number of rotatable bonds is 13. The molecule has 5 heterocycles. The molecule has 17 nitrogen and oxygen atoms in total. The van der Waals surface area contributed by atoms with Crippen LogP contribution in [0.25, 0.3) is 5.70 Å². The molecule has 21 heteroatoms. The number of H-pyrrole nitrogens is 1. The largest absolute Gasteiger partial charge is 0.504 e. The number of carbonyl (C=O) groups is 4. The van der Waals surface area contributed by atoms with E-state index in [1.54, 1.807) is 23.0 Å². The molecule has 0 aliphatic carbocycles. The molecule has 3 aromatic heterocycles. The van der Waals surface area contributed by atoms with E-state index in [-0.39, 0.29) is 45.3 Å². The smallest absolute Gasteiger partial charge is 0.276 e. The number of carbonyl (C=O) groups excluding carboxylic acids is 4. The summed E-state index contributed by atoms with van der Waals surface area (Å²) in [5.41, 5.74) is 5.70. The van der Waals surface area contributed by atoms with Gasteiger partial charge in [-0.05, 0) is 42.8 Å². The van der Waals surface area contributed by atoms with Gasteiger partial charge in [0, 0.05) is 28.5 Å². The van der Waals surface area contributed by atoms with Gasteiger partial charge in [0.25, 0.3) is 11.8 Å². The van der Waals surface area contributed by atoms with Crippen LogP contribution in [0.15, 0.2) is 57.7 Å². The molecule has 1 fully saturated rings. The molecule has 51 heavy (non-hydrogen) atoms. The van der Waals surface area contributed by atoms with E-state index in [4.69, 9.17) is 22.2 Å². The van der Waals surface area contributed by atoms with Gasteiger partial charge in [-0.15, -0.1) is 45.1 Å². The van der Waals surface area contributed by atoms with Crippen LogP contribution in [0.2, 0.25) is 5.02 Å². The first kappa shape index (κ1) is 35.8. The average Bonchev–Trinajstić information content (AvgIpc) is 3.81. The molecule has 0 radical (unpaired) electrons. The highest BCUT2D eigenvalue weighted by atomic mass is 35.5. The van der Waals surface area contributed by atoms with Crippen molar-refractivity contribution >= 4 is 86.9 Å². The van der Waals surface area contributed by atoms with Crippen molar-refractivity contribution in [1.29, 1.82) is 0 Å². The standard InChI is InChI=1S/C30H27ClN10O7S3/c1-30(2,13-42)48-37-21(17-12-51-29(32)33-17)26(46)34-22-27(47)41-23(25-35-38-39-36-25)14(11-50-28(22)41)10-49-15-4-3-7-40(8-15)9-19(44)16-5-6-18(43)24(45)20(16)31/h3-8,12-13,22,28H,9-11H2,1-2H3,(H5-,32,33,34,35,36,37,38,39,43,44,45,46)/p+1/t22-,28-/m1/s1. The maximum Gasteiger partial charge on any atom is 0.276 e. The van der Waals surface area contributed by atoms with Gasteiger partial charge >= 0.3 is 0 Å². The minimum atomic E-state index is -1.32. The molecule has 0 unspecified atom stereocenters. The number of ketones is 1. The number of nitrogens with one attached hydrogen (secondary N) is 2. The Kier molecular flexibility index (Phi) is 10.3. The molecule has 1 saturated heterocycles. The number of tetrazole rings is 1. The second-order valence-corrected chi connectivity index (χ2v) is 15.0. The summed E-state index contributed by atoms with van der Waals surface area (Å²) in [4.78, 5) is 63.2. The number of benzene rings is 1. The van der Waals surface area contributed by atoms with Gasteiger partial charge in [0.15, 0.2) is 46.6 Å². The van der Waals surface area contributed by atoms with E-state index in [9.17, 15) is 29.4 Å². The number of thioether (sulfide) groups is 2. The molecular formula is C30H28ClN10O7S3+. The lowest BCUT2D eigenvalue weighted by atomic mass is 10.0. The second kappa shape index (κ2) is 14.7. The van der Waals surface area contributed by atoms with Crippen LogP contribution in [0.4, 0.5) is 5.13 Å². The Balaban J connectivity index is 1.17. The highest BCUT2D eigenvalue weighted by Gasteiger charge is 2.54. The van der Waals surface area contributed by atoms with Crippen molar-refractivity contribution < 1.29 is 38.8 Å². The third kappa shape index (κ3) is 7.53. The molecule has 4 aromatic rings. The number of amides is 2. The molecule has 6 rings (SSSR count). The summed E-state index contributed by atoms with van der Waals surface area (Å²) in [6.45, 7) is 2.87. The lowest BCUT2D eigenvalue weighted by Crippen LogP contribution is -2.70. The van der Waals surface area contributed by atoms with E-state index in [1.807, 2.05) is 6.07 Å². The molecule has 264 valence electrons. The molecule has 2 aliphatic heterocycles. The Morgan fingerprint density at radius 1 is 1.33 bits per heavy atom. The third-order valence-corrected chi connectivity index (χ3v) is 11.0. The number of anilines is 1. The minimum absolute atomic E-state index is 0.0708. The number of β-lactam (4-membered cyclic amide) rings is 1. The zero-order chi connectivity index (χ0) is 36.4. The normalized spacial score (nSPS) is 17.5. The summed E-state index contributed by atoms with van der Waals surface area (Å²) in [6, 6.07) is 5.26. The van der Waals surface area contributed by atoms with Gasteiger partial charge < -0.3 is 26.1 Å². The van der Waals surface area contributed by atoms with Crippen molar-refractivity contribution in [2.45, 2.75) is 42.3 Å². The number of nitrogens with two attached hydrogens (primary N) is 1. The van der Waals surface area contributed by atoms with Crippen LogP contribution >= 0.6 is 46.5 Å². The van der Waals surface area contributed by atoms with Crippen molar-refractivity contribution in [2.24, 2.45) is 5.16 Å². The molecule has 2 aliphatic rings. The predicted octanol–water partition coefficient (Wildman–Crippen LogP) is 1.78. The zero-order valence-electron chi connectivity index (χ0n) is 26.6. The van der Waals surface area contributed by atoms with E-state index in [2.05, 4.69) is 36.1 Å². The number of phenols is 2. The van der Waals surface area contributed by atoms with Crippen molar-refractivity contribution in [3.05, 3.63) is 69.7 Å². The predicted molar refractivity (Wildman–Crippen MR) is 187 cm³/mol. The molecule has 0 saturated carbocycles. The number of aldehydes is 1. The fraction of sp³-hybridized carbons (Fsp3) is 0.267. The number of aromatic amines is 1. The van der Waals surface area contributed by atoms with E-state index >= 15 is 0 Å². The Morgan fingerprint density at radius 2 is 2.14 bits per heavy atom. The van der Waals surface area contributed by atoms with E-state index < -0.39 is 40.3 Å². The molecule has 6 N–H and O–H groups in total. The molecule has 2 amide bonds. The molecule has 2 atom stereocenters. The number of oxime groups is 1. The van der Waals surface area contributed by atoms with Crippen molar-refractivity contribution in [3.8, 4) is 11.5 Å². The van der Waals surface area contributed by atoms with E-state index in [0.717, 1.165) is 21.8 Å². The van der Waals surface area contributed by atoms with Crippen molar-refractivity contribution in [1.82, 2.24) is 35.8 Å². The number of pyridine rings is 1. The number of nitrogens with zero attached hydrogens (tertiary/aromatic N) is 7. The molecule has 0 bridgehead atoms. The Hall–Kier alpha value is -5.05. The van der Waals surface area contributed by atoms with Gasteiger partial charge in [0.1, 0.15) is 17.1 Å². The van der Waals surface area contributed by atoms with Crippen molar-refractivity contribution in [2.75, 3.05) is 17.2 Å². The summed E-state index contributed by atoms with van der Waals surface area (Å²) in [5, 5.41) is 41.5. The highest BCUT2D eigenvalue weighted by Crippen LogP contribution is 2.44. The number of Topliss-reactive ketones (excluding diaryl/α,β-unsaturated/α-hetero) is 1. The highest BCUT2D eigenvalue weighted by molar-refractivity contribution is 8.01. The molecule has 1 aromatic carbocycles. The number of nitrogen functional groups attached to an aromatic ring is 1. The van der Waals surface area contributed by atoms with E-state index in [0.29, 0.717) is 23.5 Å². The van der Waals surface area contributed by atoms with Crippen LogP contribution in [0.3, 0.4) is 0 Å². The molecule has 0 spiro atoms. The summed E-state index contributed by atoms with van der Waals surface area (Å²) in [5.74, 6) is -1.42. The van der Waals surface area contributed by atoms with Gasteiger partial charge in [-0.3, -0.25) is 24.1 Å². The van der Waals surface area contributed by atoms with Gasteiger partial charge in [-0.25, -0.2) is 4.98 Å². The summed E-state index contributed by atoms with van der Waals surface area (Å²) < 4.78 is 1.67. The van der Waals surface area contributed by atoms with Crippen LogP contribution in [0, 0.1) is 0 Å². The van der Waals surface area contributed by atoms with Crippen LogP contribution in [-0.4, -0.2) is 98.8 Å². The monoisotopic (exact) mass is 771 g/mol. The Morgan fingerprint density at radius 3 is 2.84 bits per heavy atom. The van der Waals surface area contributed by atoms with Crippen LogP contribution in [-0.2, 0) is 25.8 Å². The summed E-state index contributed by atoms with van der Waals surface area (Å²) in [6.07, 6.45) is 4.03. The molecular weight excluding hydrogens is 744 g/mol. The van der Waals surface area contributed by atoms with Crippen molar-refractivity contribution in [3.63, 3.8) is 0 Å². The fourth-order valence-corrected chi connectivity index (χ4v) is 8.19. The second-order valence-electron chi connectivity index (χ2n) is 11.6. The number of aromatic nitrogens is 6. The maximum absolute atomic E-state index is 13.7. The van der Waals surface area contributed by atoms with E-state index in [1.165, 1.54) is 59.8 Å². The fourth-order valence-electron chi connectivity index (χ4n) is 4.94. The van der Waals surface area contributed by atoms with Gasteiger partial charge in [-0.1, -0.05) is 16.8 Å². The summed E-state index contributed by atoms with van der Waals surface area (Å²) >= 11 is 10.1. The van der Waals surface area contributed by atoms with Crippen LogP contribution in [0.5, 0.6) is 11.5 Å². The lowest BCUT2D eigenvalue weighted by molar-refractivity contribution is -0.685. The number of fused-ring (bicyclic) bond motifs is 1. The Bertz CT molecular complexity index is 2090.